The number of hydrogen-bond acceptors (Lipinski definition) is 7. The van der Waals surface area contributed by atoms with Crippen LogP contribution >= 0.6 is 0 Å². The minimum Gasteiger partial charge on any atom is -0.494 e. The lowest BCUT2D eigenvalue weighted by Crippen LogP contribution is -2.57. The number of carbonyl (C=O) groups excluding carboxylic acids is 4. The molecule has 2 aromatic rings. The number of aldehydes is 1. The lowest BCUT2D eigenvalue weighted by molar-refractivity contribution is -0.121. The number of piperidine rings is 1. The molecule has 39 heavy (non-hydrogen) atoms. The minimum atomic E-state index is -1.89. The molecular formula is C27H29FN6O5. The van der Waals surface area contributed by atoms with Crippen molar-refractivity contribution in [3.05, 3.63) is 53.1 Å². The summed E-state index contributed by atoms with van der Waals surface area (Å²) in [5.74, 6) is 3.68. The van der Waals surface area contributed by atoms with E-state index in [4.69, 9.17) is 10.5 Å². The third-order valence-electron chi connectivity index (χ3n) is 6.79. The Hall–Kier alpha value is -4.50. The topological polar surface area (TPSA) is 147 Å². The zero-order valence-corrected chi connectivity index (χ0v) is 21.6. The monoisotopic (exact) mass is 536 g/mol. The number of nitrogens with one attached hydrogen (secondary N) is 2. The fourth-order valence-corrected chi connectivity index (χ4v) is 4.68. The molecule has 4 rings (SSSR count). The van der Waals surface area contributed by atoms with Crippen LogP contribution < -0.4 is 21.1 Å². The molecule has 0 bridgehead atoms. The van der Waals surface area contributed by atoms with E-state index in [2.05, 4.69) is 32.4 Å². The van der Waals surface area contributed by atoms with Crippen molar-refractivity contribution in [1.29, 1.82) is 0 Å². The Bertz CT molecular complexity index is 1360. The van der Waals surface area contributed by atoms with E-state index in [0.717, 1.165) is 25.9 Å². The molecule has 1 saturated heterocycles. The van der Waals surface area contributed by atoms with Crippen molar-refractivity contribution in [1.82, 2.24) is 20.1 Å². The molecule has 12 heteroatoms. The molecule has 0 aliphatic carbocycles. The van der Waals surface area contributed by atoms with Crippen LogP contribution in [0.25, 0.3) is 0 Å². The molecule has 11 nitrogen and oxygen atoms in total. The van der Waals surface area contributed by atoms with E-state index in [9.17, 15) is 23.6 Å². The zero-order chi connectivity index (χ0) is 28.2. The second-order valence-corrected chi connectivity index (χ2v) is 9.63. The van der Waals surface area contributed by atoms with Gasteiger partial charge in [-0.1, -0.05) is 17.9 Å². The number of ether oxygens (including phenoxy) is 1. The Kier molecular flexibility index (Phi) is 8.11. The third-order valence-corrected chi connectivity index (χ3v) is 6.79. The number of anilines is 1. The number of urea groups is 1. The summed E-state index contributed by atoms with van der Waals surface area (Å²) in [5, 5.41) is 5.16. The summed E-state index contributed by atoms with van der Waals surface area (Å²) < 4.78 is 19.7. The van der Waals surface area contributed by atoms with Crippen LogP contribution in [0.4, 0.5) is 14.9 Å². The highest BCUT2D eigenvalue weighted by Gasteiger charge is 2.39. The first-order chi connectivity index (χ1) is 18.6. The van der Waals surface area contributed by atoms with Gasteiger partial charge in [0.05, 0.1) is 31.1 Å². The molecular weight excluding hydrogens is 507 g/mol. The van der Waals surface area contributed by atoms with Crippen LogP contribution in [0, 0.1) is 23.6 Å². The summed E-state index contributed by atoms with van der Waals surface area (Å²) in [5.41, 5.74) is 4.44. The number of nitrogens with zero attached hydrogens (tertiary/aromatic N) is 3. The SMILES string of the molecule is COc1ccc2c(c1F)C(=O)N(C[C@](C#Cc1cncc(NC(=O)C3CCN(C)CC3)c1)(C=O)NC(N)=O)C2. The van der Waals surface area contributed by atoms with E-state index in [1.807, 2.05) is 7.05 Å². The van der Waals surface area contributed by atoms with Crippen LogP contribution in [0.5, 0.6) is 5.75 Å². The smallest absolute Gasteiger partial charge is 0.313 e. The fraction of sp³-hybridized carbons (Fsp3) is 0.370. The Morgan fingerprint density at radius 1 is 1.31 bits per heavy atom. The van der Waals surface area contributed by atoms with E-state index in [1.54, 1.807) is 12.1 Å². The highest BCUT2D eigenvalue weighted by atomic mass is 19.1. The van der Waals surface area contributed by atoms with Crippen LogP contribution in [-0.2, 0) is 16.1 Å². The van der Waals surface area contributed by atoms with Crippen LogP contribution in [0.3, 0.4) is 0 Å². The average molecular weight is 537 g/mol. The fourth-order valence-electron chi connectivity index (χ4n) is 4.68. The van der Waals surface area contributed by atoms with Crippen molar-refractivity contribution in [3.8, 4) is 17.6 Å². The number of nitrogens with two attached hydrogens (primary N) is 1. The molecule has 0 radical (unpaired) electrons. The molecule has 4 N–H and O–H groups in total. The minimum absolute atomic E-state index is 0.00712. The van der Waals surface area contributed by atoms with Crippen molar-refractivity contribution in [3.63, 3.8) is 0 Å². The van der Waals surface area contributed by atoms with E-state index < -0.39 is 23.3 Å². The molecule has 1 aromatic heterocycles. The summed E-state index contributed by atoms with van der Waals surface area (Å²) in [6, 6.07) is 3.52. The molecule has 1 fully saturated rings. The van der Waals surface area contributed by atoms with Gasteiger partial charge in [0.2, 0.25) is 5.91 Å². The number of carbonyl (C=O) groups is 4. The zero-order valence-electron chi connectivity index (χ0n) is 21.6. The molecule has 4 amide bonds. The number of pyridine rings is 1. The first kappa shape index (κ1) is 27.5. The Morgan fingerprint density at radius 3 is 2.72 bits per heavy atom. The number of fused-ring (bicyclic) bond motifs is 1. The predicted octanol–water partition coefficient (Wildman–Crippen LogP) is 1.12. The predicted molar refractivity (Wildman–Crippen MR) is 139 cm³/mol. The standard InChI is InChI=1S/C27H29FN6O5/c1-33-9-6-18(7-10-33)24(36)31-20-11-17(12-30-13-20)5-8-27(16-35,32-26(29)38)15-34-14-19-3-4-21(39-2)23(28)22(19)25(34)37/h3-4,11-13,16,18H,6-7,9-10,14-15H2,1-2H3,(H,31,36)(H3,29,32,38)/t27-/m1/s1. The normalized spacial score (nSPS) is 16.9. The number of likely N-dealkylation sites (tertiary alicyclic amines) is 1. The van der Waals surface area contributed by atoms with Gasteiger partial charge in [0.1, 0.15) is 0 Å². The number of amides is 4. The van der Waals surface area contributed by atoms with Gasteiger partial charge in [-0.05, 0) is 50.7 Å². The van der Waals surface area contributed by atoms with Crippen molar-refractivity contribution >= 4 is 29.8 Å². The van der Waals surface area contributed by atoms with Gasteiger partial charge in [-0.15, -0.1) is 0 Å². The average Bonchev–Trinajstić information content (AvgIpc) is 3.23. The second kappa shape index (κ2) is 11.5. The van der Waals surface area contributed by atoms with Gasteiger partial charge in [-0.2, -0.15) is 0 Å². The van der Waals surface area contributed by atoms with Gasteiger partial charge in [0.15, 0.2) is 23.4 Å². The van der Waals surface area contributed by atoms with Gasteiger partial charge >= 0.3 is 6.03 Å². The Labute approximate surface area is 224 Å². The second-order valence-electron chi connectivity index (χ2n) is 9.63. The van der Waals surface area contributed by atoms with E-state index in [1.165, 1.54) is 30.5 Å². The Balaban J connectivity index is 1.54. The number of halogens is 1. The number of hydrogen-bond donors (Lipinski definition) is 3. The first-order valence-electron chi connectivity index (χ1n) is 12.3. The highest BCUT2D eigenvalue weighted by Crippen LogP contribution is 2.31. The summed E-state index contributed by atoms with van der Waals surface area (Å²) in [4.78, 5) is 57.2. The molecule has 0 saturated carbocycles. The highest BCUT2D eigenvalue weighted by molar-refractivity contribution is 5.99. The van der Waals surface area contributed by atoms with Crippen molar-refractivity contribution in [2.24, 2.45) is 11.7 Å². The van der Waals surface area contributed by atoms with E-state index >= 15 is 0 Å². The maximum Gasteiger partial charge on any atom is 0.313 e. The number of methoxy groups -OCH3 is 1. The van der Waals surface area contributed by atoms with Crippen molar-refractivity contribution < 1.29 is 28.3 Å². The number of benzene rings is 1. The van der Waals surface area contributed by atoms with Gasteiger partial charge in [-0.3, -0.25) is 19.4 Å². The number of rotatable bonds is 7. The van der Waals surface area contributed by atoms with E-state index in [-0.39, 0.29) is 36.2 Å². The third kappa shape index (κ3) is 6.15. The molecule has 1 atom stereocenters. The Morgan fingerprint density at radius 2 is 2.05 bits per heavy atom. The van der Waals surface area contributed by atoms with Crippen molar-refractivity contribution in [2.45, 2.75) is 24.9 Å². The molecule has 0 unspecified atom stereocenters. The van der Waals surface area contributed by atoms with Crippen molar-refractivity contribution in [2.75, 3.05) is 39.1 Å². The summed E-state index contributed by atoms with van der Waals surface area (Å²) in [6.45, 7) is 1.29. The maximum absolute atomic E-state index is 14.8. The van der Waals surface area contributed by atoms with Crippen LogP contribution in [0.1, 0.15) is 34.3 Å². The quantitative estimate of drug-likeness (QED) is 0.355. The van der Waals surface area contributed by atoms with E-state index in [0.29, 0.717) is 23.1 Å². The first-order valence-corrected chi connectivity index (χ1v) is 12.3. The summed E-state index contributed by atoms with van der Waals surface area (Å²) in [6.07, 6.45) is 4.79. The van der Waals surface area contributed by atoms with Gasteiger partial charge < -0.3 is 30.9 Å². The largest absolute Gasteiger partial charge is 0.494 e. The molecule has 1 aromatic carbocycles. The number of primary amides is 1. The number of aromatic nitrogens is 1. The molecule has 2 aliphatic heterocycles. The van der Waals surface area contributed by atoms with Gasteiger partial charge in [-0.25, -0.2) is 9.18 Å². The lowest BCUT2D eigenvalue weighted by Gasteiger charge is -2.28. The summed E-state index contributed by atoms with van der Waals surface area (Å²) >= 11 is 0. The molecule has 0 spiro atoms. The molecule has 3 heterocycles. The van der Waals surface area contributed by atoms with Crippen LogP contribution in [0.15, 0.2) is 30.6 Å². The maximum atomic E-state index is 14.8. The van der Waals surface area contributed by atoms with Gasteiger partial charge in [0, 0.05) is 24.2 Å². The molecule has 204 valence electrons. The van der Waals surface area contributed by atoms with Gasteiger partial charge in [0.25, 0.3) is 5.91 Å². The summed E-state index contributed by atoms with van der Waals surface area (Å²) in [7, 11) is 3.30. The lowest BCUT2D eigenvalue weighted by atomic mass is 9.96. The molecule has 2 aliphatic rings. The van der Waals surface area contributed by atoms with Crippen LogP contribution in [-0.4, -0.2) is 78.2 Å². The van der Waals surface area contributed by atoms with Crippen LogP contribution in [0.2, 0.25) is 0 Å².